The van der Waals surface area contributed by atoms with Crippen LogP contribution in [0.15, 0.2) is 48.5 Å². The number of amides is 2. The first kappa shape index (κ1) is 18.7. The van der Waals surface area contributed by atoms with E-state index in [2.05, 4.69) is 34.5 Å². The first-order valence-electron chi connectivity index (χ1n) is 10.1. The van der Waals surface area contributed by atoms with Crippen LogP contribution in [0.3, 0.4) is 0 Å². The molecule has 0 radical (unpaired) electrons. The Morgan fingerprint density at radius 2 is 1.61 bits per heavy atom. The molecular formula is C23H27N3O2. The van der Waals surface area contributed by atoms with Gasteiger partial charge in [-0.3, -0.25) is 14.5 Å². The molecule has 146 valence electrons. The first-order chi connectivity index (χ1) is 13.7. The second-order valence-corrected chi connectivity index (χ2v) is 7.65. The van der Waals surface area contributed by atoms with Crippen LogP contribution in [0.25, 0.3) is 0 Å². The summed E-state index contributed by atoms with van der Waals surface area (Å²) in [4.78, 5) is 28.7. The van der Waals surface area contributed by atoms with E-state index in [0.29, 0.717) is 23.6 Å². The van der Waals surface area contributed by atoms with Gasteiger partial charge in [-0.1, -0.05) is 24.3 Å². The SMILES string of the molecule is CNc1cccc(C2CCN(CCCN3C(=O)c4ccccc4C3=O)CC2)c1. The van der Waals surface area contributed by atoms with Gasteiger partial charge < -0.3 is 10.2 Å². The summed E-state index contributed by atoms with van der Waals surface area (Å²) in [5, 5.41) is 3.21. The molecule has 1 saturated heterocycles. The number of fused-ring (bicyclic) bond motifs is 1. The summed E-state index contributed by atoms with van der Waals surface area (Å²) >= 11 is 0. The molecule has 2 amide bonds. The third-order valence-corrected chi connectivity index (χ3v) is 5.97. The summed E-state index contributed by atoms with van der Waals surface area (Å²) in [6, 6.07) is 15.8. The fraction of sp³-hybridized carbons (Fsp3) is 0.391. The molecule has 0 aromatic heterocycles. The normalized spacial score (nSPS) is 17.8. The van der Waals surface area contributed by atoms with Gasteiger partial charge in [-0.2, -0.15) is 0 Å². The monoisotopic (exact) mass is 377 g/mol. The van der Waals surface area contributed by atoms with Gasteiger partial charge in [0.2, 0.25) is 0 Å². The molecule has 2 aliphatic heterocycles. The Labute approximate surface area is 166 Å². The minimum Gasteiger partial charge on any atom is -0.388 e. The number of likely N-dealkylation sites (tertiary alicyclic amines) is 1. The van der Waals surface area contributed by atoms with E-state index in [0.717, 1.165) is 38.9 Å². The van der Waals surface area contributed by atoms with E-state index in [1.165, 1.54) is 16.2 Å². The van der Waals surface area contributed by atoms with Crippen LogP contribution in [0.4, 0.5) is 5.69 Å². The third kappa shape index (κ3) is 3.67. The Morgan fingerprint density at radius 1 is 0.929 bits per heavy atom. The number of imide groups is 1. The quantitative estimate of drug-likeness (QED) is 0.782. The van der Waals surface area contributed by atoms with Crippen molar-refractivity contribution in [3.63, 3.8) is 0 Å². The zero-order valence-corrected chi connectivity index (χ0v) is 16.4. The van der Waals surface area contributed by atoms with Crippen LogP contribution < -0.4 is 5.32 Å². The summed E-state index contributed by atoms with van der Waals surface area (Å²) in [5.41, 5.74) is 3.66. The van der Waals surface area contributed by atoms with E-state index in [-0.39, 0.29) is 11.8 Å². The van der Waals surface area contributed by atoms with E-state index < -0.39 is 0 Å². The van der Waals surface area contributed by atoms with Gasteiger partial charge in [0.1, 0.15) is 0 Å². The average molecular weight is 377 g/mol. The number of carbonyl (C=O) groups is 2. The van der Waals surface area contributed by atoms with Crippen LogP contribution in [-0.2, 0) is 0 Å². The molecule has 4 rings (SSSR count). The molecule has 5 heteroatoms. The van der Waals surface area contributed by atoms with Crippen molar-refractivity contribution in [2.75, 3.05) is 38.5 Å². The highest BCUT2D eigenvalue weighted by atomic mass is 16.2. The Morgan fingerprint density at radius 3 is 2.25 bits per heavy atom. The molecule has 0 bridgehead atoms. The molecule has 0 saturated carbocycles. The predicted octanol–water partition coefficient (Wildman–Crippen LogP) is 3.59. The molecule has 2 aromatic carbocycles. The molecule has 2 aromatic rings. The van der Waals surface area contributed by atoms with Gasteiger partial charge in [-0.15, -0.1) is 0 Å². The lowest BCUT2D eigenvalue weighted by Crippen LogP contribution is -2.37. The smallest absolute Gasteiger partial charge is 0.261 e. The Kier molecular flexibility index (Phi) is 5.44. The van der Waals surface area contributed by atoms with E-state index in [1.54, 1.807) is 12.1 Å². The third-order valence-electron chi connectivity index (χ3n) is 5.97. The molecule has 2 heterocycles. The van der Waals surface area contributed by atoms with Crippen LogP contribution in [-0.4, -0.2) is 54.8 Å². The maximum absolute atomic E-state index is 12.4. The standard InChI is InChI=1S/C23H27N3O2/c1-24-19-7-4-6-18(16-19)17-10-14-25(15-11-17)12-5-13-26-22(27)20-8-2-3-9-21(20)23(26)28/h2-4,6-9,16-17,24H,5,10-15H2,1H3. The lowest BCUT2D eigenvalue weighted by molar-refractivity contribution is 0.0645. The highest BCUT2D eigenvalue weighted by molar-refractivity contribution is 6.21. The van der Waals surface area contributed by atoms with Crippen molar-refractivity contribution in [3.8, 4) is 0 Å². The number of hydrogen-bond donors (Lipinski definition) is 1. The number of anilines is 1. The lowest BCUT2D eigenvalue weighted by Gasteiger charge is -2.32. The van der Waals surface area contributed by atoms with E-state index >= 15 is 0 Å². The number of piperidine rings is 1. The van der Waals surface area contributed by atoms with Gasteiger partial charge in [-0.05, 0) is 74.6 Å². The average Bonchev–Trinajstić information content (AvgIpc) is 2.99. The lowest BCUT2D eigenvalue weighted by atomic mass is 9.89. The van der Waals surface area contributed by atoms with Crippen LogP contribution in [0.1, 0.15) is 51.5 Å². The highest BCUT2D eigenvalue weighted by Crippen LogP contribution is 2.29. The summed E-state index contributed by atoms with van der Waals surface area (Å²) in [6.07, 6.45) is 3.13. The zero-order chi connectivity index (χ0) is 19.5. The number of carbonyl (C=O) groups excluding carboxylic acids is 2. The Balaban J connectivity index is 1.25. The Bertz CT molecular complexity index is 837. The van der Waals surface area contributed by atoms with Crippen molar-refractivity contribution in [2.45, 2.75) is 25.2 Å². The van der Waals surface area contributed by atoms with E-state index in [1.807, 2.05) is 19.2 Å². The van der Waals surface area contributed by atoms with Gasteiger partial charge in [0.25, 0.3) is 11.8 Å². The molecule has 2 aliphatic rings. The van der Waals surface area contributed by atoms with Crippen molar-refractivity contribution in [3.05, 3.63) is 65.2 Å². The fourth-order valence-electron chi connectivity index (χ4n) is 4.33. The van der Waals surface area contributed by atoms with Gasteiger partial charge in [0, 0.05) is 19.3 Å². The van der Waals surface area contributed by atoms with E-state index in [4.69, 9.17) is 0 Å². The number of benzene rings is 2. The second kappa shape index (κ2) is 8.15. The maximum atomic E-state index is 12.4. The van der Waals surface area contributed by atoms with E-state index in [9.17, 15) is 9.59 Å². The molecule has 0 spiro atoms. The molecule has 28 heavy (non-hydrogen) atoms. The second-order valence-electron chi connectivity index (χ2n) is 7.65. The fourth-order valence-corrected chi connectivity index (χ4v) is 4.33. The van der Waals surface area contributed by atoms with Gasteiger partial charge in [-0.25, -0.2) is 0 Å². The van der Waals surface area contributed by atoms with Crippen LogP contribution in [0.2, 0.25) is 0 Å². The number of nitrogens with one attached hydrogen (secondary N) is 1. The van der Waals surface area contributed by atoms with Crippen LogP contribution in [0.5, 0.6) is 0 Å². The van der Waals surface area contributed by atoms with Crippen molar-refractivity contribution in [1.29, 1.82) is 0 Å². The number of nitrogens with zero attached hydrogens (tertiary/aromatic N) is 2. The van der Waals surface area contributed by atoms with Crippen LogP contribution in [0, 0.1) is 0 Å². The van der Waals surface area contributed by atoms with Crippen molar-refractivity contribution >= 4 is 17.5 Å². The maximum Gasteiger partial charge on any atom is 0.261 e. The first-order valence-corrected chi connectivity index (χ1v) is 10.1. The zero-order valence-electron chi connectivity index (χ0n) is 16.4. The van der Waals surface area contributed by atoms with Gasteiger partial charge >= 0.3 is 0 Å². The van der Waals surface area contributed by atoms with Gasteiger partial charge in [0.15, 0.2) is 0 Å². The minimum absolute atomic E-state index is 0.149. The number of hydrogen-bond acceptors (Lipinski definition) is 4. The summed E-state index contributed by atoms with van der Waals surface area (Å²) in [6.45, 7) is 3.56. The van der Waals surface area contributed by atoms with Crippen molar-refractivity contribution in [2.24, 2.45) is 0 Å². The Hall–Kier alpha value is -2.66. The highest BCUT2D eigenvalue weighted by Gasteiger charge is 2.34. The van der Waals surface area contributed by atoms with Gasteiger partial charge in [0.05, 0.1) is 11.1 Å². The summed E-state index contributed by atoms with van der Waals surface area (Å²) in [7, 11) is 1.95. The van der Waals surface area contributed by atoms with Crippen molar-refractivity contribution < 1.29 is 9.59 Å². The predicted molar refractivity (Wildman–Crippen MR) is 111 cm³/mol. The minimum atomic E-state index is -0.149. The molecular weight excluding hydrogens is 350 g/mol. The molecule has 0 unspecified atom stereocenters. The molecule has 1 fully saturated rings. The summed E-state index contributed by atoms with van der Waals surface area (Å²) < 4.78 is 0. The van der Waals surface area contributed by atoms with Crippen molar-refractivity contribution in [1.82, 2.24) is 9.80 Å². The molecule has 5 nitrogen and oxygen atoms in total. The number of rotatable bonds is 6. The largest absolute Gasteiger partial charge is 0.388 e. The molecule has 0 aliphatic carbocycles. The summed E-state index contributed by atoms with van der Waals surface area (Å²) in [5.74, 6) is 0.313. The topological polar surface area (TPSA) is 52.6 Å². The molecule has 1 N–H and O–H groups in total. The van der Waals surface area contributed by atoms with Crippen LogP contribution >= 0.6 is 0 Å². The molecule has 0 atom stereocenters.